The SMILES string of the molecule is CC[C@H](O)[C@H](O)[C@H]1OC=C[C@@H](n2cc(-c3ccccc3NC(=O)CCCCc3cn(CCCCCC(=O)Nc4ccccc4-c4cn(C(C)C)nn4)nn3)nn2)[C@@H]1NC(C)=O. The lowest BCUT2D eigenvalue weighted by Crippen LogP contribution is -2.56. The third-order valence-electron chi connectivity index (χ3n) is 10.5. The van der Waals surface area contributed by atoms with Gasteiger partial charge in [0.2, 0.25) is 17.7 Å². The highest BCUT2D eigenvalue weighted by atomic mass is 16.5. The lowest BCUT2D eigenvalue weighted by Gasteiger charge is -2.38. The summed E-state index contributed by atoms with van der Waals surface area (Å²) in [6.07, 6.45) is 11.0. The van der Waals surface area contributed by atoms with E-state index in [0.717, 1.165) is 42.6 Å². The van der Waals surface area contributed by atoms with Crippen molar-refractivity contribution in [2.24, 2.45) is 0 Å². The summed E-state index contributed by atoms with van der Waals surface area (Å²) in [5.41, 5.74) is 4.88. The number of ether oxygens (including phenoxy) is 1. The van der Waals surface area contributed by atoms with Gasteiger partial charge in [0.25, 0.3) is 0 Å². The molecular weight excluding hydrogens is 781 g/mol. The van der Waals surface area contributed by atoms with E-state index in [9.17, 15) is 24.6 Å². The number of para-hydroxylation sites is 2. The summed E-state index contributed by atoms with van der Waals surface area (Å²) in [5.74, 6) is -0.511. The van der Waals surface area contributed by atoms with Crippen LogP contribution in [0.25, 0.3) is 22.5 Å². The van der Waals surface area contributed by atoms with Crippen LogP contribution in [0.1, 0.15) is 96.8 Å². The van der Waals surface area contributed by atoms with Gasteiger partial charge in [-0.2, -0.15) is 0 Å². The highest BCUT2D eigenvalue weighted by molar-refractivity contribution is 5.95. The average molecular weight is 837 g/mol. The van der Waals surface area contributed by atoms with Crippen LogP contribution in [0, 0.1) is 0 Å². The summed E-state index contributed by atoms with van der Waals surface area (Å²) in [6, 6.07) is 13.8. The smallest absolute Gasteiger partial charge is 0.224 e. The summed E-state index contributed by atoms with van der Waals surface area (Å²) >= 11 is 0. The monoisotopic (exact) mass is 836 g/mol. The Morgan fingerprint density at radius 3 is 2.07 bits per heavy atom. The molecule has 2 aromatic carbocycles. The second kappa shape index (κ2) is 21.3. The predicted octanol–water partition coefficient (Wildman–Crippen LogP) is 5.02. The van der Waals surface area contributed by atoms with E-state index in [-0.39, 0.29) is 23.8 Å². The number of aromatic nitrogens is 9. The van der Waals surface area contributed by atoms with Gasteiger partial charge in [0.1, 0.15) is 23.6 Å². The first-order valence-corrected chi connectivity index (χ1v) is 21.0. The molecule has 5 atom stereocenters. The number of aryl methyl sites for hydroxylation is 2. The number of unbranched alkanes of at least 4 members (excludes halogenated alkanes) is 3. The summed E-state index contributed by atoms with van der Waals surface area (Å²) in [6.45, 7) is 7.89. The van der Waals surface area contributed by atoms with Gasteiger partial charge in [-0.25, -0.2) is 9.36 Å². The first-order chi connectivity index (χ1) is 29.5. The van der Waals surface area contributed by atoms with Crippen molar-refractivity contribution < 1.29 is 29.3 Å². The fraction of sp³-hybridized carbons (Fsp3) is 0.465. The number of anilines is 2. The maximum absolute atomic E-state index is 13.1. The van der Waals surface area contributed by atoms with Crippen molar-refractivity contribution in [2.45, 2.75) is 128 Å². The molecule has 5 N–H and O–H groups in total. The molecule has 0 bridgehead atoms. The third kappa shape index (κ3) is 11.9. The van der Waals surface area contributed by atoms with Crippen LogP contribution in [0.3, 0.4) is 0 Å². The van der Waals surface area contributed by atoms with E-state index in [2.05, 4.69) is 46.9 Å². The third-order valence-corrected chi connectivity index (χ3v) is 10.5. The second-order valence-electron chi connectivity index (χ2n) is 15.6. The maximum atomic E-state index is 13.1. The van der Waals surface area contributed by atoms with Crippen LogP contribution in [-0.2, 0) is 32.1 Å². The Bertz CT molecular complexity index is 2250. The number of benzene rings is 2. The van der Waals surface area contributed by atoms with Crippen molar-refractivity contribution in [1.29, 1.82) is 0 Å². The number of carbonyl (C=O) groups is 3. The highest BCUT2D eigenvalue weighted by Gasteiger charge is 2.41. The molecular formula is C43H56N12O6. The Balaban J connectivity index is 0.915. The van der Waals surface area contributed by atoms with E-state index in [0.29, 0.717) is 61.3 Å². The molecule has 0 saturated carbocycles. The molecule has 18 nitrogen and oxygen atoms in total. The van der Waals surface area contributed by atoms with Crippen LogP contribution in [0.15, 0.2) is 79.5 Å². The Kier molecular flexibility index (Phi) is 15.5. The molecule has 0 spiro atoms. The topological polar surface area (TPSA) is 229 Å². The van der Waals surface area contributed by atoms with Crippen molar-refractivity contribution in [3.63, 3.8) is 0 Å². The van der Waals surface area contributed by atoms with Crippen molar-refractivity contribution >= 4 is 29.1 Å². The fourth-order valence-electron chi connectivity index (χ4n) is 7.17. The average Bonchev–Trinajstić information content (AvgIpc) is 4.05. The molecule has 5 aromatic rings. The Morgan fingerprint density at radius 1 is 0.787 bits per heavy atom. The molecule has 18 heteroatoms. The quantitative estimate of drug-likeness (QED) is 0.0614. The number of nitrogens with zero attached hydrogens (tertiary/aromatic N) is 9. The molecule has 6 rings (SSSR count). The molecule has 0 fully saturated rings. The van der Waals surface area contributed by atoms with E-state index in [1.807, 2.05) is 73.4 Å². The lowest BCUT2D eigenvalue weighted by molar-refractivity contribution is -0.125. The second-order valence-corrected chi connectivity index (χ2v) is 15.6. The maximum Gasteiger partial charge on any atom is 0.224 e. The van der Waals surface area contributed by atoms with Crippen molar-refractivity contribution in [3.05, 3.63) is 85.2 Å². The molecule has 0 aliphatic carbocycles. The molecule has 1 aliphatic heterocycles. The molecule has 1 aliphatic rings. The van der Waals surface area contributed by atoms with Gasteiger partial charge in [0, 0.05) is 49.7 Å². The van der Waals surface area contributed by atoms with E-state index >= 15 is 0 Å². The van der Waals surface area contributed by atoms with Crippen LogP contribution in [0.5, 0.6) is 0 Å². The minimum atomic E-state index is -1.25. The van der Waals surface area contributed by atoms with Gasteiger partial charge in [-0.1, -0.05) is 65.4 Å². The molecule has 0 radical (unpaired) electrons. The van der Waals surface area contributed by atoms with Crippen LogP contribution < -0.4 is 16.0 Å². The number of hydrogen-bond donors (Lipinski definition) is 5. The van der Waals surface area contributed by atoms with E-state index in [4.69, 9.17) is 4.74 Å². The van der Waals surface area contributed by atoms with E-state index in [1.165, 1.54) is 13.2 Å². The van der Waals surface area contributed by atoms with Gasteiger partial charge in [-0.15, -0.1) is 15.3 Å². The number of nitrogens with one attached hydrogen (secondary N) is 3. The van der Waals surface area contributed by atoms with Crippen LogP contribution in [0.4, 0.5) is 11.4 Å². The standard InChI is InChI=1S/C43H56N12O6/c1-5-38(57)42(60)43-41(44-29(4)56)37(22-24-61-43)55-27-36(49-52-55)32-17-10-12-19-34(32)46-40(59)21-13-8-15-30-25-53(50-47-30)23-14-6-7-20-39(58)45-33-18-11-9-16-31(33)35-26-54(28(2)3)51-48-35/h9-12,16-19,22,24-28,37-38,41-43,57,60H,5-8,13-15,20-21,23H2,1-4H3,(H,44,56)(H,45,58)(H,46,59)/t37-,38+,41+,42+,43+/m1/s1. The first-order valence-electron chi connectivity index (χ1n) is 21.0. The summed E-state index contributed by atoms with van der Waals surface area (Å²) in [7, 11) is 0. The molecule has 0 saturated heterocycles. The number of amides is 3. The summed E-state index contributed by atoms with van der Waals surface area (Å²) in [5, 5.41) is 55.7. The minimum absolute atomic E-state index is 0.0431. The molecule has 61 heavy (non-hydrogen) atoms. The number of hydrogen-bond acceptors (Lipinski definition) is 12. The number of aliphatic hydroxyl groups excluding tert-OH is 2. The largest absolute Gasteiger partial charge is 0.493 e. The summed E-state index contributed by atoms with van der Waals surface area (Å²) in [4.78, 5) is 38.0. The van der Waals surface area contributed by atoms with Crippen LogP contribution in [0.2, 0.25) is 0 Å². The van der Waals surface area contributed by atoms with Gasteiger partial charge in [0.05, 0.1) is 53.9 Å². The Hall–Kier alpha value is -6.27. The van der Waals surface area contributed by atoms with Gasteiger partial charge in [-0.05, 0) is 70.6 Å². The lowest BCUT2D eigenvalue weighted by atomic mass is 9.92. The van der Waals surface area contributed by atoms with Gasteiger partial charge >= 0.3 is 0 Å². The van der Waals surface area contributed by atoms with Crippen LogP contribution >= 0.6 is 0 Å². The number of carbonyl (C=O) groups excluding carboxylic acids is 3. The Morgan fingerprint density at radius 2 is 1.43 bits per heavy atom. The zero-order valence-electron chi connectivity index (χ0n) is 35.1. The van der Waals surface area contributed by atoms with Gasteiger partial charge in [-0.3, -0.25) is 19.1 Å². The van der Waals surface area contributed by atoms with Crippen LogP contribution in [-0.4, -0.2) is 97.3 Å². The fourth-order valence-corrected chi connectivity index (χ4v) is 7.17. The normalized spacial score (nSPS) is 17.1. The van der Waals surface area contributed by atoms with Gasteiger partial charge < -0.3 is 30.9 Å². The number of rotatable bonds is 21. The number of aliphatic hydroxyl groups is 2. The zero-order valence-corrected chi connectivity index (χ0v) is 35.1. The van der Waals surface area contributed by atoms with E-state index < -0.39 is 30.4 Å². The Labute approximate surface area is 354 Å². The summed E-state index contributed by atoms with van der Waals surface area (Å²) < 4.78 is 10.9. The predicted molar refractivity (Wildman–Crippen MR) is 228 cm³/mol. The molecule has 324 valence electrons. The van der Waals surface area contributed by atoms with Crippen molar-refractivity contribution in [3.8, 4) is 22.5 Å². The van der Waals surface area contributed by atoms with Crippen molar-refractivity contribution in [1.82, 2.24) is 50.3 Å². The molecule has 4 heterocycles. The first kappa shape index (κ1) is 44.3. The van der Waals surface area contributed by atoms with Gasteiger partial charge in [0.15, 0.2) is 0 Å². The molecule has 3 amide bonds. The highest BCUT2D eigenvalue weighted by Crippen LogP contribution is 2.31. The van der Waals surface area contributed by atoms with Crippen molar-refractivity contribution in [2.75, 3.05) is 10.6 Å². The molecule has 3 aromatic heterocycles. The van der Waals surface area contributed by atoms with E-state index in [1.54, 1.807) is 34.6 Å². The zero-order chi connectivity index (χ0) is 43.3. The molecule has 0 unspecified atom stereocenters. The minimum Gasteiger partial charge on any atom is -0.493 e.